The normalized spacial score (nSPS) is 16.3. The Morgan fingerprint density at radius 3 is 2.74 bits per heavy atom. The minimum Gasteiger partial charge on any atom is -0.490 e. The molecule has 0 bridgehead atoms. The van der Waals surface area contributed by atoms with Crippen molar-refractivity contribution in [2.24, 2.45) is 0 Å². The molecule has 1 saturated heterocycles. The first kappa shape index (κ1) is 15.0. The highest BCUT2D eigenvalue weighted by Gasteiger charge is 2.12. The molecule has 1 aromatic rings. The van der Waals surface area contributed by atoms with Gasteiger partial charge in [-0.2, -0.15) is 0 Å². The predicted molar refractivity (Wildman–Crippen MR) is 80.0 cm³/mol. The van der Waals surface area contributed by atoms with Gasteiger partial charge in [-0.25, -0.2) is 0 Å². The van der Waals surface area contributed by atoms with Crippen molar-refractivity contribution in [1.82, 2.24) is 4.90 Å². The van der Waals surface area contributed by atoms with Crippen LogP contribution in [0.2, 0.25) is 0 Å². The molecule has 1 heterocycles. The van der Waals surface area contributed by atoms with Gasteiger partial charge in [0.15, 0.2) is 6.29 Å². The molecule has 1 aliphatic heterocycles. The fourth-order valence-corrected chi connectivity index (χ4v) is 3.29. The van der Waals surface area contributed by atoms with Gasteiger partial charge in [0.25, 0.3) is 0 Å². The second-order valence-corrected chi connectivity index (χ2v) is 6.00. The quantitative estimate of drug-likeness (QED) is 0.722. The lowest BCUT2D eigenvalue weighted by Crippen LogP contribution is -2.38. The van der Waals surface area contributed by atoms with Crippen LogP contribution in [-0.2, 0) is 4.74 Å². The van der Waals surface area contributed by atoms with E-state index in [4.69, 9.17) is 9.47 Å². The predicted octanol–water partition coefficient (Wildman–Crippen LogP) is 2.74. The molecule has 0 amide bonds. The number of hydrogen-bond donors (Lipinski definition) is 0. The molecule has 0 aromatic heterocycles. The van der Waals surface area contributed by atoms with Gasteiger partial charge in [-0.05, 0) is 28.1 Å². The number of rotatable bonds is 5. The van der Waals surface area contributed by atoms with Gasteiger partial charge in [-0.15, -0.1) is 0 Å². The van der Waals surface area contributed by atoms with Crippen molar-refractivity contribution in [2.45, 2.75) is 0 Å². The van der Waals surface area contributed by atoms with Crippen molar-refractivity contribution in [3.63, 3.8) is 0 Å². The Kier molecular flexibility index (Phi) is 5.81. The molecule has 0 unspecified atom stereocenters. The summed E-state index contributed by atoms with van der Waals surface area (Å²) in [6.07, 6.45) is 0.805. The Morgan fingerprint density at radius 1 is 1.32 bits per heavy atom. The maximum Gasteiger partial charge on any atom is 0.153 e. The smallest absolute Gasteiger partial charge is 0.153 e. The maximum absolute atomic E-state index is 11.0. The summed E-state index contributed by atoms with van der Waals surface area (Å²) in [6.45, 7) is 4.82. The minimum atomic E-state index is 0.545. The molecule has 4 nitrogen and oxygen atoms in total. The van der Waals surface area contributed by atoms with Gasteiger partial charge >= 0.3 is 0 Å². The first-order chi connectivity index (χ1) is 9.20. The lowest BCUT2D eigenvalue weighted by molar-refractivity contribution is 0.0322. The van der Waals surface area contributed by atoms with Crippen LogP contribution in [0, 0.1) is 0 Å². The highest BCUT2D eigenvalue weighted by atomic mass is 79.9. The Hall–Kier alpha value is -0.430. The molecule has 6 heteroatoms. The van der Waals surface area contributed by atoms with Gasteiger partial charge in [0.05, 0.1) is 23.2 Å². The van der Waals surface area contributed by atoms with Crippen LogP contribution in [-0.4, -0.2) is 50.6 Å². The number of carbonyl (C=O) groups excluding carboxylic acids is 1. The second-order valence-electron chi connectivity index (χ2n) is 4.23. The standard InChI is InChI=1S/C13H15Br2NO3/c14-11-7-10(9-17)13(12(15)8-11)19-6-3-16-1-4-18-5-2-16/h7-9H,1-6H2. The monoisotopic (exact) mass is 391 g/mol. The topological polar surface area (TPSA) is 38.8 Å². The van der Waals surface area contributed by atoms with E-state index < -0.39 is 0 Å². The number of nitrogens with zero attached hydrogens (tertiary/aromatic N) is 1. The van der Waals surface area contributed by atoms with Crippen LogP contribution < -0.4 is 4.74 Å². The van der Waals surface area contributed by atoms with Crippen molar-refractivity contribution in [2.75, 3.05) is 39.5 Å². The van der Waals surface area contributed by atoms with Crippen LogP contribution in [0.5, 0.6) is 5.75 Å². The largest absolute Gasteiger partial charge is 0.490 e. The number of benzene rings is 1. The van der Waals surface area contributed by atoms with E-state index in [2.05, 4.69) is 36.8 Å². The fourth-order valence-electron chi connectivity index (χ4n) is 1.92. The minimum absolute atomic E-state index is 0.545. The van der Waals surface area contributed by atoms with Crippen LogP contribution >= 0.6 is 31.9 Å². The number of carbonyl (C=O) groups is 1. The molecule has 1 fully saturated rings. The second kappa shape index (κ2) is 7.38. The molecule has 1 aliphatic rings. The molecule has 1 aromatic carbocycles. The van der Waals surface area contributed by atoms with Crippen molar-refractivity contribution in [1.29, 1.82) is 0 Å². The first-order valence-corrected chi connectivity index (χ1v) is 7.66. The summed E-state index contributed by atoms with van der Waals surface area (Å²) in [5, 5.41) is 0. The van der Waals surface area contributed by atoms with Crippen molar-refractivity contribution in [3.05, 3.63) is 26.6 Å². The molecule has 0 saturated carbocycles. The molecule has 19 heavy (non-hydrogen) atoms. The molecular weight excluding hydrogens is 378 g/mol. The maximum atomic E-state index is 11.0. The van der Waals surface area contributed by atoms with Gasteiger partial charge in [0.2, 0.25) is 0 Å². The molecule has 0 spiro atoms. The highest BCUT2D eigenvalue weighted by molar-refractivity contribution is 9.11. The number of morpholine rings is 1. The summed E-state index contributed by atoms with van der Waals surface area (Å²) >= 11 is 6.77. The fraction of sp³-hybridized carbons (Fsp3) is 0.462. The molecule has 0 atom stereocenters. The Morgan fingerprint density at radius 2 is 2.05 bits per heavy atom. The average molecular weight is 393 g/mol. The van der Waals surface area contributed by atoms with Crippen LogP contribution in [0.3, 0.4) is 0 Å². The van der Waals surface area contributed by atoms with Crippen molar-refractivity contribution >= 4 is 38.1 Å². The number of ether oxygens (including phenoxy) is 2. The Labute approximate surface area is 129 Å². The zero-order valence-corrected chi connectivity index (χ0v) is 13.6. The lowest BCUT2D eigenvalue weighted by Gasteiger charge is -2.26. The van der Waals surface area contributed by atoms with E-state index >= 15 is 0 Å². The van der Waals surface area contributed by atoms with E-state index in [1.807, 2.05) is 6.07 Å². The highest BCUT2D eigenvalue weighted by Crippen LogP contribution is 2.31. The third-order valence-electron chi connectivity index (χ3n) is 2.92. The van der Waals surface area contributed by atoms with Crippen LogP contribution in [0.25, 0.3) is 0 Å². The van der Waals surface area contributed by atoms with Gasteiger partial charge in [-0.1, -0.05) is 15.9 Å². The molecule has 0 radical (unpaired) electrons. The van der Waals surface area contributed by atoms with Gasteiger partial charge in [0, 0.05) is 24.1 Å². The third kappa shape index (κ3) is 4.27. The van der Waals surface area contributed by atoms with E-state index in [0.29, 0.717) is 17.9 Å². The van der Waals surface area contributed by atoms with Gasteiger partial charge in [0.1, 0.15) is 12.4 Å². The summed E-state index contributed by atoms with van der Waals surface area (Å²) in [7, 11) is 0. The Bertz CT molecular complexity index is 448. The van der Waals surface area contributed by atoms with Crippen molar-refractivity contribution in [3.8, 4) is 5.75 Å². The average Bonchev–Trinajstić information content (AvgIpc) is 2.42. The summed E-state index contributed by atoms with van der Waals surface area (Å²) in [5.74, 6) is 0.603. The SMILES string of the molecule is O=Cc1cc(Br)cc(Br)c1OCCN1CCOCC1. The van der Waals surface area contributed by atoms with Crippen molar-refractivity contribution < 1.29 is 14.3 Å². The van der Waals surface area contributed by atoms with Crippen LogP contribution in [0.4, 0.5) is 0 Å². The Balaban J connectivity index is 1.93. The van der Waals surface area contributed by atoms with E-state index in [9.17, 15) is 4.79 Å². The first-order valence-electron chi connectivity index (χ1n) is 6.08. The number of hydrogen-bond acceptors (Lipinski definition) is 4. The summed E-state index contributed by atoms with van der Waals surface area (Å²) in [5.41, 5.74) is 0.545. The van der Waals surface area contributed by atoms with E-state index in [1.54, 1.807) is 6.07 Å². The van der Waals surface area contributed by atoms with Gasteiger partial charge in [-0.3, -0.25) is 9.69 Å². The lowest BCUT2D eigenvalue weighted by atomic mass is 10.2. The third-order valence-corrected chi connectivity index (χ3v) is 3.97. The van der Waals surface area contributed by atoms with E-state index in [0.717, 1.165) is 48.1 Å². The number of aldehydes is 1. The zero-order chi connectivity index (χ0) is 13.7. The van der Waals surface area contributed by atoms with Crippen LogP contribution in [0.1, 0.15) is 10.4 Å². The molecule has 2 rings (SSSR count). The summed E-state index contributed by atoms with van der Waals surface area (Å²) in [4.78, 5) is 13.3. The summed E-state index contributed by atoms with van der Waals surface area (Å²) < 4.78 is 12.7. The summed E-state index contributed by atoms with van der Waals surface area (Å²) in [6, 6.07) is 3.62. The van der Waals surface area contributed by atoms with E-state index in [1.165, 1.54) is 0 Å². The molecule has 104 valence electrons. The zero-order valence-electron chi connectivity index (χ0n) is 10.4. The molecule has 0 aliphatic carbocycles. The molecular formula is C13H15Br2NO3. The van der Waals surface area contributed by atoms with E-state index in [-0.39, 0.29) is 0 Å². The van der Waals surface area contributed by atoms with Gasteiger partial charge < -0.3 is 9.47 Å². The number of halogens is 2. The van der Waals surface area contributed by atoms with Crippen LogP contribution in [0.15, 0.2) is 21.1 Å². The molecule has 0 N–H and O–H groups in total.